The van der Waals surface area contributed by atoms with Crippen molar-refractivity contribution in [2.24, 2.45) is 0 Å². The minimum absolute atomic E-state index is 0.0418. The molecule has 0 N–H and O–H groups in total. The zero-order chi connectivity index (χ0) is 19.8. The van der Waals surface area contributed by atoms with Crippen LogP contribution in [0.15, 0.2) is 67.1 Å². The zero-order valence-corrected chi connectivity index (χ0v) is 16.2. The molecule has 0 aliphatic carbocycles. The van der Waals surface area contributed by atoms with E-state index in [-0.39, 0.29) is 5.91 Å². The third-order valence-corrected chi connectivity index (χ3v) is 5.48. The standard InChI is InChI=1S/C24H20N4O/c1-16-14-25-11-8-19(16)20-9-12-26-22-15-28(24(29)23(20)22)13-10-18-7-6-17-4-2-3-5-21(17)27-18/h2-9,11-12,14H,10,13,15H2,1H3. The van der Waals surface area contributed by atoms with Gasteiger partial charge in [0.15, 0.2) is 0 Å². The first kappa shape index (κ1) is 17.5. The van der Waals surface area contributed by atoms with Crippen LogP contribution >= 0.6 is 0 Å². The summed E-state index contributed by atoms with van der Waals surface area (Å²) in [5, 5.41) is 1.13. The first-order chi connectivity index (χ1) is 14.2. The number of aryl methyl sites for hydroxylation is 1. The molecule has 0 fully saturated rings. The van der Waals surface area contributed by atoms with E-state index in [1.165, 1.54) is 0 Å². The summed E-state index contributed by atoms with van der Waals surface area (Å²) in [4.78, 5) is 28.4. The summed E-state index contributed by atoms with van der Waals surface area (Å²) in [5.74, 6) is 0.0418. The number of rotatable bonds is 4. The summed E-state index contributed by atoms with van der Waals surface area (Å²) in [6, 6.07) is 16.1. The number of benzene rings is 1. The lowest BCUT2D eigenvalue weighted by Gasteiger charge is -2.15. The van der Waals surface area contributed by atoms with E-state index in [0.29, 0.717) is 25.1 Å². The maximum atomic E-state index is 13.2. The topological polar surface area (TPSA) is 59.0 Å². The molecule has 3 aromatic heterocycles. The molecule has 1 aliphatic rings. The van der Waals surface area contributed by atoms with Crippen LogP contribution < -0.4 is 0 Å². The molecule has 4 aromatic rings. The Balaban J connectivity index is 1.39. The monoisotopic (exact) mass is 380 g/mol. The van der Waals surface area contributed by atoms with Gasteiger partial charge in [0.25, 0.3) is 5.91 Å². The maximum absolute atomic E-state index is 13.2. The summed E-state index contributed by atoms with van der Waals surface area (Å²) < 4.78 is 0. The van der Waals surface area contributed by atoms with Gasteiger partial charge in [-0.15, -0.1) is 0 Å². The molecule has 5 nitrogen and oxygen atoms in total. The second-order valence-corrected chi connectivity index (χ2v) is 7.34. The Morgan fingerprint density at radius 1 is 1.00 bits per heavy atom. The molecule has 0 saturated carbocycles. The molecule has 0 saturated heterocycles. The molecule has 5 heteroatoms. The molecular weight excluding hydrogens is 360 g/mol. The van der Waals surface area contributed by atoms with Gasteiger partial charge in [0.05, 0.1) is 23.3 Å². The van der Waals surface area contributed by atoms with Crippen molar-refractivity contribution in [3.8, 4) is 11.1 Å². The summed E-state index contributed by atoms with van der Waals surface area (Å²) in [7, 11) is 0. The van der Waals surface area contributed by atoms with Crippen LogP contribution in [0.2, 0.25) is 0 Å². The largest absolute Gasteiger partial charge is 0.332 e. The van der Waals surface area contributed by atoms with Gasteiger partial charge in [-0.05, 0) is 47.9 Å². The fourth-order valence-corrected chi connectivity index (χ4v) is 3.95. The molecule has 142 valence electrons. The van der Waals surface area contributed by atoms with Crippen LogP contribution in [0.3, 0.4) is 0 Å². The summed E-state index contributed by atoms with van der Waals surface area (Å²) in [5.41, 5.74) is 6.55. The lowest BCUT2D eigenvalue weighted by molar-refractivity contribution is 0.0780. The van der Waals surface area contributed by atoms with E-state index in [1.54, 1.807) is 12.4 Å². The lowest BCUT2D eigenvalue weighted by Crippen LogP contribution is -2.26. The van der Waals surface area contributed by atoms with Crippen molar-refractivity contribution in [1.82, 2.24) is 19.9 Å². The van der Waals surface area contributed by atoms with Crippen LogP contribution in [0.25, 0.3) is 22.0 Å². The minimum atomic E-state index is 0.0418. The normalized spacial score (nSPS) is 13.1. The van der Waals surface area contributed by atoms with Crippen molar-refractivity contribution < 1.29 is 4.79 Å². The Labute approximate surface area is 169 Å². The number of hydrogen-bond acceptors (Lipinski definition) is 4. The third kappa shape index (κ3) is 3.14. The lowest BCUT2D eigenvalue weighted by atomic mass is 9.98. The Kier molecular flexibility index (Phi) is 4.28. The number of aromatic nitrogens is 3. The highest BCUT2D eigenvalue weighted by atomic mass is 16.2. The number of para-hydroxylation sites is 1. The number of carbonyl (C=O) groups excluding carboxylic acids is 1. The summed E-state index contributed by atoms with van der Waals surface area (Å²) in [6.07, 6.45) is 6.09. The SMILES string of the molecule is Cc1cnccc1-c1ccnc2c1C(=O)N(CCc1ccc3ccccc3n1)C2. The van der Waals surface area contributed by atoms with Crippen molar-refractivity contribution in [2.75, 3.05) is 6.54 Å². The Hall–Kier alpha value is -3.60. The van der Waals surface area contributed by atoms with Gasteiger partial charge < -0.3 is 4.90 Å². The summed E-state index contributed by atoms with van der Waals surface area (Å²) in [6.45, 7) is 3.17. The van der Waals surface area contributed by atoms with Gasteiger partial charge in [-0.3, -0.25) is 19.7 Å². The van der Waals surface area contributed by atoms with Crippen LogP contribution in [-0.2, 0) is 13.0 Å². The van der Waals surface area contributed by atoms with Gasteiger partial charge >= 0.3 is 0 Å². The average Bonchev–Trinajstić information content (AvgIpc) is 3.08. The van der Waals surface area contributed by atoms with Crippen LogP contribution in [0.4, 0.5) is 0 Å². The van der Waals surface area contributed by atoms with Crippen molar-refractivity contribution in [1.29, 1.82) is 0 Å². The molecule has 0 atom stereocenters. The van der Waals surface area contributed by atoms with Crippen molar-refractivity contribution >= 4 is 16.8 Å². The Morgan fingerprint density at radius 3 is 2.76 bits per heavy atom. The smallest absolute Gasteiger partial charge is 0.256 e. The first-order valence-corrected chi connectivity index (χ1v) is 9.73. The van der Waals surface area contributed by atoms with E-state index in [2.05, 4.69) is 22.1 Å². The van der Waals surface area contributed by atoms with E-state index >= 15 is 0 Å². The predicted molar refractivity (Wildman–Crippen MR) is 112 cm³/mol. The molecule has 1 aliphatic heterocycles. The molecule has 1 amide bonds. The molecule has 4 heterocycles. The molecule has 0 bridgehead atoms. The Morgan fingerprint density at radius 2 is 1.86 bits per heavy atom. The maximum Gasteiger partial charge on any atom is 0.256 e. The van der Waals surface area contributed by atoms with Gasteiger partial charge in [-0.25, -0.2) is 0 Å². The van der Waals surface area contributed by atoms with Gasteiger partial charge in [0.1, 0.15) is 0 Å². The molecular formula is C24H20N4O. The number of amides is 1. The second kappa shape index (κ2) is 7.09. The van der Waals surface area contributed by atoms with Gasteiger partial charge in [0, 0.05) is 42.6 Å². The van der Waals surface area contributed by atoms with Crippen LogP contribution in [0.5, 0.6) is 0 Å². The van der Waals surface area contributed by atoms with Crippen molar-refractivity contribution in [2.45, 2.75) is 19.9 Å². The number of hydrogen-bond donors (Lipinski definition) is 0. The van der Waals surface area contributed by atoms with Crippen molar-refractivity contribution in [3.05, 3.63) is 89.6 Å². The number of carbonyl (C=O) groups is 1. The van der Waals surface area contributed by atoms with E-state index in [0.717, 1.165) is 39.0 Å². The Bertz CT molecular complexity index is 1230. The predicted octanol–water partition coefficient (Wildman–Crippen LogP) is 4.20. The van der Waals surface area contributed by atoms with E-state index in [9.17, 15) is 4.79 Å². The highest BCUT2D eigenvalue weighted by Crippen LogP contribution is 2.32. The second-order valence-electron chi connectivity index (χ2n) is 7.34. The molecule has 0 spiro atoms. The van der Waals surface area contributed by atoms with E-state index < -0.39 is 0 Å². The number of pyridine rings is 3. The fourth-order valence-electron chi connectivity index (χ4n) is 3.95. The number of nitrogens with zero attached hydrogens (tertiary/aromatic N) is 4. The van der Waals surface area contributed by atoms with Crippen LogP contribution in [-0.4, -0.2) is 32.3 Å². The van der Waals surface area contributed by atoms with E-state index in [1.807, 2.05) is 54.4 Å². The molecule has 29 heavy (non-hydrogen) atoms. The number of fused-ring (bicyclic) bond motifs is 2. The quantitative estimate of drug-likeness (QED) is 0.532. The highest BCUT2D eigenvalue weighted by Gasteiger charge is 2.31. The summed E-state index contributed by atoms with van der Waals surface area (Å²) >= 11 is 0. The first-order valence-electron chi connectivity index (χ1n) is 9.73. The molecule has 1 aromatic carbocycles. The fraction of sp³-hybridized carbons (Fsp3) is 0.167. The minimum Gasteiger partial charge on any atom is -0.332 e. The molecule has 5 rings (SSSR count). The molecule has 0 unspecified atom stereocenters. The van der Waals surface area contributed by atoms with Crippen LogP contribution in [0.1, 0.15) is 27.3 Å². The zero-order valence-electron chi connectivity index (χ0n) is 16.2. The average molecular weight is 380 g/mol. The molecule has 0 radical (unpaired) electrons. The van der Waals surface area contributed by atoms with Crippen molar-refractivity contribution in [3.63, 3.8) is 0 Å². The third-order valence-electron chi connectivity index (χ3n) is 5.48. The van der Waals surface area contributed by atoms with E-state index in [4.69, 9.17) is 4.98 Å². The highest BCUT2D eigenvalue weighted by molar-refractivity contribution is 6.04. The van der Waals surface area contributed by atoms with Crippen LogP contribution in [0, 0.1) is 6.92 Å². The van der Waals surface area contributed by atoms with Gasteiger partial charge in [0.2, 0.25) is 0 Å². The van der Waals surface area contributed by atoms with Gasteiger partial charge in [-0.2, -0.15) is 0 Å². The van der Waals surface area contributed by atoms with Gasteiger partial charge in [-0.1, -0.05) is 24.3 Å².